The summed E-state index contributed by atoms with van der Waals surface area (Å²) >= 11 is 0. The fourth-order valence-corrected chi connectivity index (χ4v) is 4.85. The van der Waals surface area contributed by atoms with E-state index in [1.807, 2.05) is 43.9 Å². The van der Waals surface area contributed by atoms with Crippen molar-refractivity contribution >= 4 is 29.7 Å². The van der Waals surface area contributed by atoms with Gasteiger partial charge in [0.15, 0.2) is 0 Å². The summed E-state index contributed by atoms with van der Waals surface area (Å²) in [5, 5.41) is 0. The second-order valence-electron chi connectivity index (χ2n) is 11.6. The average molecular weight is 455 g/mol. The number of H-pyrrole nitrogens is 1. The molecule has 8 heteroatoms. The first-order valence-corrected chi connectivity index (χ1v) is 12.1. The molecule has 2 fully saturated rings. The van der Waals surface area contributed by atoms with E-state index in [4.69, 9.17) is 19.0 Å². The number of nitrogens with one attached hydrogen (secondary N) is 1. The monoisotopic (exact) mass is 455 g/mol. The van der Waals surface area contributed by atoms with E-state index in [0.29, 0.717) is 5.92 Å². The molecule has 0 unspecified atom stereocenters. The molecule has 33 heavy (non-hydrogen) atoms. The van der Waals surface area contributed by atoms with E-state index in [0.717, 1.165) is 35.2 Å². The summed E-state index contributed by atoms with van der Waals surface area (Å²) in [6, 6.07) is 5.99. The molecule has 4 rings (SSSR count). The van der Waals surface area contributed by atoms with Gasteiger partial charge in [0.1, 0.15) is 11.4 Å². The predicted molar refractivity (Wildman–Crippen MR) is 130 cm³/mol. The summed E-state index contributed by atoms with van der Waals surface area (Å²) < 4.78 is 18.2. The number of hydrogen-bond donors (Lipinski definition) is 1. The largest absolute Gasteiger partial charge is 0.494 e. The van der Waals surface area contributed by atoms with Crippen LogP contribution in [0.3, 0.4) is 0 Å². The molecule has 2 aliphatic rings. The molecule has 0 radical (unpaired) electrons. The Morgan fingerprint density at radius 3 is 2.45 bits per heavy atom. The molecule has 3 heterocycles. The summed E-state index contributed by atoms with van der Waals surface area (Å²) in [6.07, 6.45) is 1.61. The van der Waals surface area contributed by atoms with Gasteiger partial charge in [-0.3, -0.25) is 4.90 Å². The number of nitrogens with zero attached hydrogens (tertiary/aromatic N) is 2. The van der Waals surface area contributed by atoms with Gasteiger partial charge in [-0.1, -0.05) is 19.4 Å². The smallest absolute Gasteiger partial charge is 0.444 e. The number of carbonyl (C=O) groups excluding carboxylic acids is 1. The van der Waals surface area contributed by atoms with Gasteiger partial charge in [-0.2, -0.15) is 0 Å². The standard InChI is InChI=1S/C25H38BN3O4/c1-10-16-13-15(2)29(22(30)31-23(3,4)5)20(16)21-27-18-12-11-17(14-19(18)28-21)26-32-24(6,7)25(8,9)33-26/h11-12,14-16,20H,10,13H2,1-9H3,(H,27,28)/t15-,16+,20+/m1/s1. The number of amides is 1. The van der Waals surface area contributed by atoms with Gasteiger partial charge >= 0.3 is 13.2 Å². The van der Waals surface area contributed by atoms with E-state index < -0.39 is 23.9 Å². The summed E-state index contributed by atoms with van der Waals surface area (Å²) in [6.45, 7) is 18.2. The lowest BCUT2D eigenvalue weighted by molar-refractivity contribution is 0.00578. The normalized spacial score (nSPS) is 26.9. The number of aromatic nitrogens is 2. The highest BCUT2D eigenvalue weighted by molar-refractivity contribution is 6.62. The Hall–Kier alpha value is -2.06. The van der Waals surface area contributed by atoms with Crippen molar-refractivity contribution in [3.05, 3.63) is 24.0 Å². The third-order valence-electron chi connectivity index (χ3n) is 7.32. The van der Waals surface area contributed by atoms with E-state index in [9.17, 15) is 4.79 Å². The lowest BCUT2D eigenvalue weighted by Gasteiger charge is -2.32. The first-order chi connectivity index (χ1) is 15.2. The van der Waals surface area contributed by atoms with Crippen molar-refractivity contribution in [1.82, 2.24) is 14.9 Å². The number of hydrogen-bond acceptors (Lipinski definition) is 5. The highest BCUT2D eigenvalue weighted by atomic mass is 16.7. The lowest BCUT2D eigenvalue weighted by atomic mass is 9.79. The Balaban J connectivity index is 1.66. The summed E-state index contributed by atoms with van der Waals surface area (Å²) in [4.78, 5) is 23.4. The molecule has 0 spiro atoms. The van der Waals surface area contributed by atoms with Gasteiger partial charge in [0.2, 0.25) is 0 Å². The predicted octanol–water partition coefficient (Wildman–Crippen LogP) is 4.96. The number of carbonyl (C=O) groups is 1. The Labute approximate surface area is 197 Å². The maximum atomic E-state index is 13.1. The third kappa shape index (κ3) is 4.39. The number of rotatable bonds is 3. The van der Waals surface area contributed by atoms with Crippen LogP contribution in [-0.2, 0) is 14.0 Å². The molecular formula is C25H38BN3O4. The Morgan fingerprint density at radius 1 is 1.24 bits per heavy atom. The molecule has 2 saturated heterocycles. The van der Waals surface area contributed by atoms with Crippen LogP contribution in [0.5, 0.6) is 0 Å². The van der Waals surface area contributed by atoms with Crippen LogP contribution in [0.15, 0.2) is 18.2 Å². The van der Waals surface area contributed by atoms with E-state index in [1.165, 1.54) is 0 Å². The van der Waals surface area contributed by atoms with Gasteiger partial charge in [-0.25, -0.2) is 9.78 Å². The van der Waals surface area contributed by atoms with E-state index >= 15 is 0 Å². The van der Waals surface area contributed by atoms with Crippen molar-refractivity contribution in [2.24, 2.45) is 5.92 Å². The lowest BCUT2D eigenvalue weighted by Crippen LogP contribution is -2.41. The molecule has 180 valence electrons. The van der Waals surface area contributed by atoms with Crippen molar-refractivity contribution in [1.29, 1.82) is 0 Å². The fourth-order valence-electron chi connectivity index (χ4n) is 4.85. The third-order valence-corrected chi connectivity index (χ3v) is 7.32. The molecule has 1 aromatic carbocycles. The molecule has 1 aromatic heterocycles. The Bertz CT molecular complexity index is 1030. The van der Waals surface area contributed by atoms with Crippen molar-refractivity contribution in [2.45, 2.75) is 104 Å². The highest BCUT2D eigenvalue weighted by Crippen LogP contribution is 2.43. The summed E-state index contributed by atoms with van der Waals surface area (Å²) in [5.41, 5.74) is 1.39. The van der Waals surface area contributed by atoms with Crippen LogP contribution in [-0.4, -0.2) is 50.9 Å². The number of aromatic amines is 1. The number of ether oxygens (including phenoxy) is 1. The topological polar surface area (TPSA) is 76.7 Å². The number of imidazole rings is 1. The highest BCUT2D eigenvalue weighted by Gasteiger charge is 2.52. The van der Waals surface area contributed by atoms with Crippen LogP contribution in [0.25, 0.3) is 11.0 Å². The van der Waals surface area contributed by atoms with E-state index in [-0.39, 0.29) is 18.2 Å². The van der Waals surface area contributed by atoms with Gasteiger partial charge in [-0.05, 0) is 85.3 Å². The van der Waals surface area contributed by atoms with Crippen LogP contribution in [0, 0.1) is 5.92 Å². The first-order valence-electron chi connectivity index (χ1n) is 12.1. The molecule has 0 saturated carbocycles. The molecule has 1 N–H and O–H groups in total. The first kappa shape index (κ1) is 24.1. The van der Waals surface area contributed by atoms with Crippen LogP contribution < -0.4 is 5.46 Å². The number of fused-ring (bicyclic) bond motifs is 1. The van der Waals surface area contributed by atoms with Crippen LogP contribution in [0.2, 0.25) is 0 Å². The minimum absolute atomic E-state index is 0.0864. The Kier molecular flexibility index (Phi) is 5.85. The van der Waals surface area contributed by atoms with Crippen molar-refractivity contribution in [3.63, 3.8) is 0 Å². The zero-order valence-electron chi connectivity index (χ0n) is 21.5. The number of likely N-dealkylation sites (tertiary alicyclic amines) is 1. The second kappa shape index (κ2) is 8.02. The minimum atomic E-state index is -0.544. The average Bonchev–Trinajstić information content (AvgIpc) is 3.30. The van der Waals surface area contributed by atoms with Crippen molar-refractivity contribution in [2.75, 3.05) is 0 Å². The molecule has 1 amide bonds. The molecule has 7 nitrogen and oxygen atoms in total. The summed E-state index contributed by atoms with van der Waals surface area (Å²) in [7, 11) is -0.431. The Morgan fingerprint density at radius 2 is 1.88 bits per heavy atom. The van der Waals surface area contributed by atoms with Gasteiger partial charge in [0.25, 0.3) is 0 Å². The van der Waals surface area contributed by atoms with Gasteiger partial charge < -0.3 is 19.0 Å². The van der Waals surface area contributed by atoms with Crippen molar-refractivity contribution in [3.8, 4) is 0 Å². The molecule has 2 aromatic rings. The molecule has 2 aliphatic heterocycles. The van der Waals surface area contributed by atoms with E-state index in [1.54, 1.807) is 0 Å². The van der Waals surface area contributed by atoms with Gasteiger partial charge in [-0.15, -0.1) is 0 Å². The fraction of sp³-hybridized carbons (Fsp3) is 0.680. The zero-order chi connectivity index (χ0) is 24.3. The second-order valence-corrected chi connectivity index (χ2v) is 11.6. The van der Waals surface area contributed by atoms with Crippen LogP contribution in [0.4, 0.5) is 4.79 Å². The minimum Gasteiger partial charge on any atom is -0.444 e. The molecule has 0 aliphatic carbocycles. The maximum Gasteiger partial charge on any atom is 0.494 e. The molecule has 3 atom stereocenters. The molecule has 0 bridgehead atoms. The quantitative estimate of drug-likeness (QED) is 0.663. The van der Waals surface area contributed by atoms with Gasteiger partial charge in [0.05, 0.1) is 28.3 Å². The molecular weight excluding hydrogens is 417 g/mol. The van der Waals surface area contributed by atoms with Crippen molar-refractivity contribution < 1.29 is 18.8 Å². The van der Waals surface area contributed by atoms with Gasteiger partial charge in [0, 0.05) is 6.04 Å². The SMILES string of the molecule is CC[C@H]1C[C@@H](C)N(C(=O)OC(C)(C)C)[C@@H]1c1nc2ccc(B3OC(C)(C)C(C)(C)O3)cc2[nH]1. The van der Waals surface area contributed by atoms with Crippen LogP contribution >= 0.6 is 0 Å². The number of benzene rings is 1. The van der Waals surface area contributed by atoms with Crippen LogP contribution in [0.1, 0.15) is 87.0 Å². The summed E-state index contributed by atoms with van der Waals surface area (Å²) in [5.74, 6) is 1.12. The van der Waals surface area contributed by atoms with E-state index in [2.05, 4.69) is 46.5 Å². The maximum absolute atomic E-state index is 13.1. The zero-order valence-corrected chi connectivity index (χ0v) is 21.5.